The van der Waals surface area contributed by atoms with Crippen molar-refractivity contribution in [3.63, 3.8) is 0 Å². The summed E-state index contributed by atoms with van der Waals surface area (Å²) in [7, 11) is 5.53. The molecule has 0 aliphatic heterocycles. The second kappa shape index (κ2) is 10.5. The molecule has 0 saturated carbocycles. The maximum absolute atomic E-state index is 11.5. The number of carbonyl (C=O) groups is 2. The van der Waals surface area contributed by atoms with Crippen molar-refractivity contribution in [1.29, 1.82) is 0 Å². The van der Waals surface area contributed by atoms with Gasteiger partial charge in [-0.15, -0.1) is 0 Å². The van der Waals surface area contributed by atoms with Crippen molar-refractivity contribution in [3.8, 4) is 0 Å². The molecule has 7 heteroatoms. The fourth-order valence-electron chi connectivity index (χ4n) is 2.28. The van der Waals surface area contributed by atoms with Crippen LogP contribution in [-0.2, 0) is 28.5 Å². The largest absolute Gasteiger partial charge is 0.469 e. The molecule has 130 valence electrons. The highest BCUT2D eigenvalue weighted by Crippen LogP contribution is 2.21. The van der Waals surface area contributed by atoms with Crippen molar-refractivity contribution in [2.75, 3.05) is 28.4 Å². The summed E-state index contributed by atoms with van der Waals surface area (Å²) in [5, 5.41) is 10.4. The minimum absolute atomic E-state index is 0.288. The number of rotatable bonds is 10. The van der Waals surface area contributed by atoms with E-state index in [9.17, 15) is 14.7 Å². The molecule has 0 spiro atoms. The molecule has 0 unspecified atom stereocenters. The average Bonchev–Trinajstić information content (AvgIpc) is 2.54. The molecular formula is C15H28O7. The van der Waals surface area contributed by atoms with Crippen LogP contribution in [0.4, 0.5) is 0 Å². The molecule has 0 aliphatic carbocycles. The Morgan fingerprint density at radius 2 is 1.14 bits per heavy atom. The molecule has 0 radical (unpaired) electrons. The molecular weight excluding hydrogens is 292 g/mol. The Balaban J connectivity index is 4.78. The van der Waals surface area contributed by atoms with E-state index in [1.165, 1.54) is 28.4 Å². The van der Waals surface area contributed by atoms with Crippen LogP contribution in [-0.4, -0.2) is 63.8 Å². The van der Waals surface area contributed by atoms with Crippen LogP contribution in [0.5, 0.6) is 0 Å². The fraction of sp³-hybridized carbons (Fsp3) is 0.867. The predicted molar refractivity (Wildman–Crippen MR) is 79.2 cm³/mol. The van der Waals surface area contributed by atoms with Crippen molar-refractivity contribution in [2.45, 2.75) is 45.0 Å². The van der Waals surface area contributed by atoms with Gasteiger partial charge >= 0.3 is 11.9 Å². The van der Waals surface area contributed by atoms with Crippen LogP contribution in [0.15, 0.2) is 0 Å². The first kappa shape index (κ1) is 20.8. The second-order valence-electron chi connectivity index (χ2n) is 5.36. The maximum atomic E-state index is 11.5. The monoisotopic (exact) mass is 320 g/mol. The summed E-state index contributed by atoms with van der Waals surface area (Å²) in [6.45, 7) is 3.40. The molecule has 0 aromatic carbocycles. The Bertz CT molecular complexity index is 313. The number of hydrogen-bond acceptors (Lipinski definition) is 7. The van der Waals surface area contributed by atoms with Crippen LogP contribution in [0.1, 0.15) is 26.7 Å². The van der Waals surface area contributed by atoms with Crippen LogP contribution < -0.4 is 0 Å². The van der Waals surface area contributed by atoms with Crippen molar-refractivity contribution in [2.24, 2.45) is 11.8 Å². The van der Waals surface area contributed by atoms with Crippen molar-refractivity contribution in [1.82, 2.24) is 0 Å². The highest BCUT2D eigenvalue weighted by molar-refractivity contribution is 5.72. The Labute approximate surface area is 131 Å². The molecule has 0 bridgehead atoms. The molecule has 0 rings (SSSR count). The third kappa shape index (κ3) is 6.29. The van der Waals surface area contributed by atoms with Crippen molar-refractivity contribution < 1.29 is 33.6 Å². The first-order valence-corrected chi connectivity index (χ1v) is 7.21. The molecule has 0 aromatic heterocycles. The van der Waals surface area contributed by atoms with Crippen LogP contribution in [0.3, 0.4) is 0 Å². The molecule has 7 nitrogen and oxygen atoms in total. The number of aliphatic hydroxyl groups excluding tert-OH is 1. The zero-order valence-corrected chi connectivity index (χ0v) is 14.2. The van der Waals surface area contributed by atoms with E-state index in [1.807, 2.05) is 0 Å². The third-order valence-electron chi connectivity index (χ3n) is 3.75. The first-order chi connectivity index (χ1) is 10.3. The maximum Gasteiger partial charge on any atom is 0.308 e. The summed E-state index contributed by atoms with van der Waals surface area (Å²) in [5.41, 5.74) is 0. The molecule has 1 N–H and O–H groups in total. The lowest BCUT2D eigenvalue weighted by atomic mass is 9.92. The Kier molecular flexibility index (Phi) is 9.97. The quantitative estimate of drug-likeness (QED) is 0.595. The summed E-state index contributed by atoms with van der Waals surface area (Å²) in [6.07, 6.45) is -1.62. The lowest BCUT2D eigenvalue weighted by Gasteiger charge is -2.30. The number of aliphatic hydroxyl groups is 1. The SMILES string of the molecule is COC(=O)[C@H](C)C[C@H](OC)C(O)[C@H](C[C@@H](C)C(=O)OC)OC. The molecule has 22 heavy (non-hydrogen) atoms. The van der Waals surface area contributed by atoms with Crippen molar-refractivity contribution in [3.05, 3.63) is 0 Å². The second-order valence-corrected chi connectivity index (χ2v) is 5.36. The lowest BCUT2D eigenvalue weighted by Crippen LogP contribution is -2.42. The summed E-state index contributed by atoms with van der Waals surface area (Å²) in [5.74, 6) is -1.57. The van der Waals surface area contributed by atoms with Crippen LogP contribution in [0.2, 0.25) is 0 Å². The van der Waals surface area contributed by atoms with E-state index in [1.54, 1.807) is 13.8 Å². The van der Waals surface area contributed by atoms with Gasteiger partial charge in [0.05, 0.1) is 38.3 Å². The van der Waals surface area contributed by atoms with Gasteiger partial charge in [-0.1, -0.05) is 13.8 Å². The molecule has 4 atom stereocenters. The summed E-state index contributed by atoms with van der Waals surface area (Å²) >= 11 is 0. The van der Waals surface area contributed by atoms with Gasteiger partial charge in [-0.3, -0.25) is 9.59 Å². The summed E-state index contributed by atoms with van der Waals surface area (Å²) in [6, 6.07) is 0. The van der Waals surface area contributed by atoms with Gasteiger partial charge in [0, 0.05) is 14.2 Å². The average molecular weight is 320 g/mol. The number of esters is 2. The Morgan fingerprint density at radius 3 is 1.36 bits per heavy atom. The highest BCUT2D eigenvalue weighted by atomic mass is 16.5. The fourth-order valence-corrected chi connectivity index (χ4v) is 2.28. The van der Waals surface area contributed by atoms with Gasteiger partial charge in [-0.25, -0.2) is 0 Å². The number of methoxy groups -OCH3 is 4. The highest BCUT2D eigenvalue weighted by Gasteiger charge is 2.33. The minimum Gasteiger partial charge on any atom is -0.469 e. The van der Waals surface area contributed by atoms with Crippen LogP contribution in [0.25, 0.3) is 0 Å². The van der Waals surface area contributed by atoms with E-state index >= 15 is 0 Å². The van der Waals surface area contributed by atoms with Gasteiger partial charge < -0.3 is 24.1 Å². The van der Waals surface area contributed by atoms with Crippen LogP contribution >= 0.6 is 0 Å². The smallest absolute Gasteiger partial charge is 0.308 e. The summed E-state index contributed by atoms with van der Waals surface area (Å²) < 4.78 is 19.9. The predicted octanol–water partition coefficient (Wildman–Crippen LogP) is 0.776. The topological polar surface area (TPSA) is 91.3 Å². The Morgan fingerprint density at radius 1 is 0.818 bits per heavy atom. The lowest BCUT2D eigenvalue weighted by molar-refractivity contribution is -0.150. The molecule has 0 saturated heterocycles. The van der Waals surface area contributed by atoms with E-state index in [4.69, 9.17) is 9.47 Å². The number of ether oxygens (including phenoxy) is 4. The van der Waals surface area contributed by atoms with Crippen molar-refractivity contribution >= 4 is 11.9 Å². The van der Waals surface area contributed by atoms with E-state index in [-0.39, 0.29) is 24.8 Å². The number of hydrogen-bond donors (Lipinski definition) is 1. The van der Waals surface area contributed by atoms with E-state index in [2.05, 4.69) is 9.47 Å². The van der Waals surface area contributed by atoms with E-state index < -0.39 is 30.1 Å². The standard InChI is InChI=1S/C15H28O7/c1-9(14(17)21-5)7-11(19-3)13(16)12(20-4)8-10(2)15(18)22-6/h9-13,16H,7-8H2,1-6H3/t9-,10-,11+,12+/m1/s1. The van der Waals surface area contributed by atoms with Gasteiger partial charge in [0.15, 0.2) is 0 Å². The molecule has 0 fully saturated rings. The normalized spacial score (nSPS) is 16.7. The van der Waals surface area contributed by atoms with Gasteiger partial charge in [0.2, 0.25) is 0 Å². The van der Waals surface area contributed by atoms with Gasteiger partial charge in [0.1, 0.15) is 6.10 Å². The van der Waals surface area contributed by atoms with E-state index in [0.717, 1.165) is 0 Å². The van der Waals surface area contributed by atoms with Gasteiger partial charge in [0.25, 0.3) is 0 Å². The number of carbonyl (C=O) groups excluding carboxylic acids is 2. The first-order valence-electron chi connectivity index (χ1n) is 7.21. The van der Waals surface area contributed by atoms with Gasteiger partial charge in [-0.05, 0) is 12.8 Å². The summed E-state index contributed by atoms with van der Waals surface area (Å²) in [4.78, 5) is 23.0. The van der Waals surface area contributed by atoms with Crippen LogP contribution in [0, 0.1) is 11.8 Å². The third-order valence-corrected chi connectivity index (χ3v) is 3.75. The molecule has 0 amide bonds. The Hall–Kier alpha value is -1.18. The molecule has 0 heterocycles. The zero-order valence-electron chi connectivity index (χ0n) is 14.2. The molecule has 0 aliphatic rings. The van der Waals surface area contributed by atoms with E-state index in [0.29, 0.717) is 0 Å². The zero-order chi connectivity index (χ0) is 17.3. The minimum atomic E-state index is -0.978. The van der Waals surface area contributed by atoms with Gasteiger partial charge in [-0.2, -0.15) is 0 Å². The molecule has 0 aromatic rings.